The maximum absolute atomic E-state index is 12.4. The van der Waals surface area contributed by atoms with Crippen molar-refractivity contribution in [1.29, 1.82) is 0 Å². The second kappa shape index (κ2) is 9.89. The van der Waals surface area contributed by atoms with Gasteiger partial charge in [-0.1, -0.05) is 45.7 Å². The van der Waals surface area contributed by atoms with Crippen LogP contribution in [-0.4, -0.2) is 37.9 Å². The fourth-order valence-corrected chi connectivity index (χ4v) is 4.75. The van der Waals surface area contributed by atoms with Crippen LogP contribution in [0.25, 0.3) is 5.69 Å². The normalized spacial score (nSPS) is 11.7. The number of hydrogen-bond donors (Lipinski definition) is 1. The number of aryl methyl sites for hydroxylation is 1. The molecule has 1 amide bonds. The molecule has 0 aliphatic rings. The van der Waals surface area contributed by atoms with Gasteiger partial charge in [-0.25, -0.2) is 13.8 Å². The lowest BCUT2D eigenvalue weighted by molar-refractivity contribution is -0.119. The van der Waals surface area contributed by atoms with Crippen molar-refractivity contribution < 1.29 is 13.2 Å². The van der Waals surface area contributed by atoms with Crippen LogP contribution >= 0.6 is 27.5 Å². The van der Waals surface area contributed by atoms with Crippen molar-refractivity contribution in [3.63, 3.8) is 0 Å². The minimum absolute atomic E-state index is 0.379. The quantitative estimate of drug-likeness (QED) is 0.358. The van der Waals surface area contributed by atoms with E-state index in [2.05, 4.69) is 26.5 Å². The van der Waals surface area contributed by atoms with Crippen molar-refractivity contribution in [2.24, 2.45) is 5.10 Å². The van der Waals surface area contributed by atoms with Crippen molar-refractivity contribution in [3.05, 3.63) is 81.0 Å². The summed E-state index contributed by atoms with van der Waals surface area (Å²) in [5.41, 5.74) is 6.30. The molecule has 0 radical (unpaired) electrons. The smallest absolute Gasteiger partial charge is 0.260 e. The average Bonchev–Trinajstić information content (AvgIpc) is 2.99. The molecule has 2 aromatic carbocycles. The largest absolute Gasteiger partial charge is 0.316 e. The van der Waals surface area contributed by atoms with E-state index in [1.807, 2.05) is 48.7 Å². The number of benzene rings is 2. The molecule has 0 aliphatic heterocycles. The van der Waals surface area contributed by atoms with Gasteiger partial charge in [-0.2, -0.15) is 5.10 Å². The van der Waals surface area contributed by atoms with Gasteiger partial charge in [0.25, 0.3) is 5.91 Å². The summed E-state index contributed by atoms with van der Waals surface area (Å²) >= 11 is 9.65. The molecule has 1 aromatic heterocycles. The van der Waals surface area contributed by atoms with Gasteiger partial charge in [-0.15, -0.1) is 0 Å². The van der Waals surface area contributed by atoms with Gasteiger partial charge in [0, 0.05) is 21.4 Å². The molecular weight excluding hydrogens is 516 g/mol. The molecule has 10 heteroatoms. The van der Waals surface area contributed by atoms with Crippen molar-refractivity contribution >= 4 is 55.4 Å². The first kappa shape index (κ1) is 24.0. The van der Waals surface area contributed by atoms with Gasteiger partial charge in [-0.05, 0) is 50.2 Å². The molecule has 0 atom stereocenters. The Bertz CT molecular complexity index is 1290. The van der Waals surface area contributed by atoms with Crippen LogP contribution in [0.2, 0.25) is 5.02 Å². The van der Waals surface area contributed by atoms with Crippen molar-refractivity contribution in [2.75, 3.05) is 17.1 Å². The molecule has 0 spiro atoms. The third-order valence-electron chi connectivity index (χ3n) is 4.74. The molecule has 3 rings (SSSR count). The SMILES string of the molecule is Cc1cc(/C=N/NC(=O)CN(c2cccc(Br)c2)S(C)(=O)=O)c(C)n1-c1ccccc1Cl. The van der Waals surface area contributed by atoms with Crippen LogP contribution in [0.15, 0.2) is 64.2 Å². The van der Waals surface area contributed by atoms with Gasteiger partial charge in [0.15, 0.2) is 0 Å². The fourth-order valence-electron chi connectivity index (χ4n) is 3.29. The Hall–Kier alpha value is -2.62. The van der Waals surface area contributed by atoms with Gasteiger partial charge >= 0.3 is 0 Å². The van der Waals surface area contributed by atoms with E-state index in [0.29, 0.717) is 15.2 Å². The lowest BCUT2D eigenvalue weighted by Gasteiger charge is -2.21. The number of hydrogen-bond acceptors (Lipinski definition) is 4. The molecule has 1 N–H and O–H groups in total. The number of carbonyl (C=O) groups is 1. The number of nitrogens with zero attached hydrogens (tertiary/aromatic N) is 3. The first-order valence-corrected chi connectivity index (χ1v) is 12.6. The summed E-state index contributed by atoms with van der Waals surface area (Å²) in [7, 11) is -3.67. The zero-order valence-corrected chi connectivity index (χ0v) is 20.9. The first-order chi connectivity index (χ1) is 15.1. The van der Waals surface area contributed by atoms with E-state index in [4.69, 9.17) is 11.6 Å². The summed E-state index contributed by atoms with van der Waals surface area (Å²) in [5.74, 6) is -0.563. The van der Waals surface area contributed by atoms with Crippen LogP contribution in [-0.2, 0) is 14.8 Å². The predicted molar refractivity (Wildman–Crippen MR) is 132 cm³/mol. The predicted octanol–water partition coefficient (Wildman–Crippen LogP) is 4.43. The molecule has 0 aliphatic carbocycles. The molecule has 0 fully saturated rings. The molecule has 32 heavy (non-hydrogen) atoms. The fraction of sp³-hybridized carbons (Fsp3) is 0.182. The highest BCUT2D eigenvalue weighted by Crippen LogP contribution is 2.26. The maximum atomic E-state index is 12.4. The molecular formula is C22H22BrClN4O3S. The lowest BCUT2D eigenvalue weighted by Crippen LogP contribution is -2.39. The number of anilines is 1. The lowest BCUT2D eigenvalue weighted by atomic mass is 10.2. The topological polar surface area (TPSA) is 83.8 Å². The summed E-state index contributed by atoms with van der Waals surface area (Å²) in [5, 5.41) is 4.64. The third kappa shape index (κ3) is 5.59. The number of carbonyl (C=O) groups excluding carboxylic acids is 1. The van der Waals surface area contributed by atoms with E-state index < -0.39 is 22.5 Å². The molecule has 168 valence electrons. The number of halogens is 2. The summed E-state index contributed by atoms with van der Waals surface area (Å²) in [6.45, 7) is 3.48. The van der Waals surface area contributed by atoms with Crippen LogP contribution in [0.4, 0.5) is 5.69 Å². The van der Waals surface area contributed by atoms with E-state index in [0.717, 1.165) is 33.2 Å². The monoisotopic (exact) mass is 536 g/mol. The van der Waals surface area contributed by atoms with Crippen molar-refractivity contribution in [2.45, 2.75) is 13.8 Å². The zero-order chi connectivity index (χ0) is 23.5. The zero-order valence-electron chi connectivity index (χ0n) is 17.7. The molecule has 0 bridgehead atoms. The highest BCUT2D eigenvalue weighted by Gasteiger charge is 2.21. The number of rotatable bonds is 7. The Morgan fingerprint density at radius 2 is 1.91 bits per heavy atom. The molecule has 1 heterocycles. The van der Waals surface area contributed by atoms with E-state index in [1.54, 1.807) is 24.3 Å². The Morgan fingerprint density at radius 1 is 1.19 bits per heavy atom. The van der Waals surface area contributed by atoms with Crippen molar-refractivity contribution in [1.82, 2.24) is 9.99 Å². The number of para-hydroxylation sites is 1. The minimum atomic E-state index is -3.67. The van der Waals surface area contributed by atoms with Crippen LogP contribution in [0.3, 0.4) is 0 Å². The Kier molecular flexibility index (Phi) is 7.43. The Labute approximate surface area is 200 Å². The highest BCUT2D eigenvalue weighted by atomic mass is 79.9. The van der Waals surface area contributed by atoms with Crippen molar-refractivity contribution in [3.8, 4) is 5.69 Å². The second-order valence-corrected chi connectivity index (χ2v) is 10.4. The molecule has 7 nitrogen and oxygen atoms in total. The van der Waals surface area contributed by atoms with Gasteiger partial charge < -0.3 is 4.57 Å². The van der Waals surface area contributed by atoms with Crippen LogP contribution in [0, 0.1) is 13.8 Å². The minimum Gasteiger partial charge on any atom is -0.316 e. The van der Waals surface area contributed by atoms with Gasteiger partial charge in [0.1, 0.15) is 6.54 Å². The van der Waals surface area contributed by atoms with E-state index in [9.17, 15) is 13.2 Å². The Balaban J connectivity index is 1.75. The molecule has 0 saturated carbocycles. The van der Waals surface area contributed by atoms with E-state index in [-0.39, 0.29) is 0 Å². The molecule has 0 saturated heterocycles. The van der Waals surface area contributed by atoms with E-state index in [1.165, 1.54) is 6.21 Å². The van der Waals surface area contributed by atoms with Crippen LogP contribution in [0.5, 0.6) is 0 Å². The maximum Gasteiger partial charge on any atom is 0.260 e. The second-order valence-electron chi connectivity index (χ2n) is 7.16. The van der Waals surface area contributed by atoms with E-state index >= 15 is 0 Å². The molecule has 0 unspecified atom stereocenters. The number of nitrogens with one attached hydrogen (secondary N) is 1. The average molecular weight is 538 g/mol. The van der Waals surface area contributed by atoms with Gasteiger partial charge in [0.2, 0.25) is 10.0 Å². The van der Waals surface area contributed by atoms with Gasteiger partial charge in [-0.3, -0.25) is 9.10 Å². The highest BCUT2D eigenvalue weighted by molar-refractivity contribution is 9.10. The molecule has 3 aromatic rings. The summed E-state index contributed by atoms with van der Waals surface area (Å²) in [6, 6.07) is 16.2. The number of sulfonamides is 1. The first-order valence-electron chi connectivity index (χ1n) is 9.57. The van der Waals surface area contributed by atoms with Crippen LogP contribution < -0.4 is 9.73 Å². The van der Waals surface area contributed by atoms with Gasteiger partial charge in [0.05, 0.1) is 28.9 Å². The Morgan fingerprint density at radius 3 is 2.56 bits per heavy atom. The standard InChI is InChI=1S/C22H22BrClN4O3S/c1-15-11-17(16(2)28(15)21-10-5-4-9-20(21)24)13-25-26-22(29)14-27(32(3,30)31)19-8-6-7-18(23)12-19/h4-13H,14H2,1-3H3,(H,26,29)/b25-13+. The number of amides is 1. The summed E-state index contributed by atoms with van der Waals surface area (Å²) < 4.78 is 28.1. The summed E-state index contributed by atoms with van der Waals surface area (Å²) in [4.78, 5) is 12.4. The number of aromatic nitrogens is 1. The number of hydrazone groups is 1. The summed E-state index contributed by atoms with van der Waals surface area (Å²) in [6.07, 6.45) is 2.57. The van der Waals surface area contributed by atoms with Crippen LogP contribution in [0.1, 0.15) is 17.0 Å². The third-order valence-corrected chi connectivity index (χ3v) is 6.69.